The molecule has 0 aromatic carbocycles. The molecule has 4 rings (SSSR count). The van der Waals surface area contributed by atoms with Crippen LogP contribution in [0.3, 0.4) is 0 Å². The second-order valence-electron chi connectivity index (χ2n) is 17.5. The molecule has 10 atom stereocenters. The Morgan fingerprint density at radius 1 is 0.581 bits per heavy atom. The van der Waals surface area contributed by atoms with E-state index in [0.717, 1.165) is 12.8 Å². The van der Waals surface area contributed by atoms with Crippen molar-refractivity contribution in [3.8, 4) is 0 Å². The monoisotopic (exact) mass is 960 g/mol. The van der Waals surface area contributed by atoms with E-state index < -0.39 is 114 Å². The molecule has 4 nitrogen and oxygen atoms in total. The summed E-state index contributed by atoms with van der Waals surface area (Å²) in [6, 6.07) is 0. The fourth-order valence-electron chi connectivity index (χ4n) is 10.7. The molecule has 364 valence electrons. The van der Waals surface area contributed by atoms with E-state index in [1.807, 2.05) is 0 Å². The molecular formula is C35H39F23O4. The maximum Gasteiger partial charge on any atom is 0.460 e. The molecule has 0 aromatic heterocycles. The van der Waals surface area contributed by atoms with Crippen molar-refractivity contribution in [2.24, 2.45) is 46.3 Å². The molecule has 0 aliphatic heterocycles. The highest BCUT2D eigenvalue weighted by atomic mass is 19.4. The minimum Gasteiger partial charge on any atom is -0.461 e. The van der Waals surface area contributed by atoms with E-state index in [-0.39, 0.29) is 29.1 Å². The van der Waals surface area contributed by atoms with Gasteiger partial charge in [0.05, 0.1) is 18.8 Å². The van der Waals surface area contributed by atoms with Crippen LogP contribution in [0.4, 0.5) is 101 Å². The molecule has 0 amide bonds. The first-order chi connectivity index (χ1) is 27.4. The van der Waals surface area contributed by atoms with Crippen molar-refractivity contribution in [2.45, 2.75) is 156 Å². The van der Waals surface area contributed by atoms with Crippen LogP contribution in [0.15, 0.2) is 0 Å². The van der Waals surface area contributed by atoms with Gasteiger partial charge in [0, 0.05) is 0 Å². The van der Waals surface area contributed by atoms with Crippen LogP contribution in [-0.2, 0) is 9.53 Å². The molecule has 0 spiro atoms. The van der Waals surface area contributed by atoms with E-state index in [1.165, 1.54) is 6.92 Å². The zero-order valence-electron chi connectivity index (χ0n) is 32.1. The standard InChI is InChI=1S/C35H39F23O4/c1-14(18-6-7-19-17-5-4-15-12-16(59)8-10-23(15,2)20(17)13-21(60)24(18,19)3)9-11-62-22(61)25(36,37)26(38,39)27(40,41)28(42,43)29(44,45)30(46,47)31(48,49)32(50,51)33(52,53)34(54,55)35(56,57)58/h14-21,59-60H,4-13H2,1-3H3/t14-,15-,16-,17+,18-,19+,20+,21+,23+,24-/m1/s1. The number of aliphatic hydroxyl groups is 2. The molecule has 4 saturated carbocycles. The highest BCUT2D eigenvalue weighted by Gasteiger charge is 2.99. The van der Waals surface area contributed by atoms with Gasteiger partial charge in [0.25, 0.3) is 0 Å². The summed E-state index contributed by atoms with van der Waals surface area (Å²) in [5, 5.41) is 21.8. The first kappa shape index (κ1) is 52.4. The fourth-order valence-corrected chi connectivity index (χ4v) is 10.7. The lowest BCUT2D eigenvalue weighted by molar-refractivity contribution is -0.477. The van der Waals surface area contributed by atoms with E-state index in [0.29, 0.717) is 38.5 Å². The first-order valence-corrected chi connectivity index (χ1v) is 18.8. The van der Waals surface area contributed by atoms with Crippen LogP contribution >= 0.6 is 0 Å². The number of hydrogen-bond acceptors (Lipinski definition) is 4. The number of esters is 1. The lowest BCUT2D eigenvalue weighted by Crippen LogP contribution is -2.78. The predicted molar refractivity (Wildman–Crippen MR) is 163 cm³/mol. The third kappa shape index (κ3) is 6.78. The van der Waals surface area contributed by atoms with Gasteiger partial charge in [-0.15, -0.1) is 0 Å². The number of carbonyl (C=O) groups excluding carboxylic acids is 1. The van der Waals surface area contributed by atoms with Gasteiger partial charge in [-0.1, -0.05) is 20.8 Å². The Morgan fingerprint density at radius 2 is 1.02 bits per heavy atom. The van der Waals surface area contributed by atoms with Gasteiger partial charge in [-0.2, -0.15) is 101 Å². The molecule has 4 aliphatic carbocycles. The van der Waals surface area contributed by atoms with Crippen molar-refractivity contribution in [3.63, 3.8) is 0 Å². The van der Waals surface area contributed by atoms with Crippen molar-refractivity contribution < 1.29 is 121 Å². The summed E-state index contributed by atoms with van der Waals surface area (Å²) in [7, 11) is 0. The summed E-state index contributed by atoms with van der Waals surface area (Å²) in [6.45, 7) is 3.74. The zero-order chi connectivity index (χ0) is 48.5. The largest absolute Gasteiger partial charge is 0.461 e. The molecule has 0 unspecified atom stereocenters. The summed E-state index contributed by atoms with van der Waals surface area (Å²) in [6.07, 6.45) is -5.77. The number of rotatable bonds is 14. The van der Waals surface area contributed by atoms with Gasteiger partial charge in [0.15, 0.2) is 0 Å². The molecule has 2 N–H and O–H groups in total. The van der Waals surface area contributed by atoms with Crippen LogP contribution in [0, 0.1) is 46.3 Å². The lowest BCUT2D eigenvalue weighted by atomic mass is 9.43. The maximum absolute atomic E-state index is 14.5. The van der Waals surface area contributed by atoms with Gasteiger partial charge < -0.3 is 14.9 Å². The molecule has 0 saturated heterocycles. The predicted octanol–water partition coefficient (Wildman–Crippen LogP) is 11.5. The number of ether oxygens (including phenoxy) is 1. The zero-order valence-corrected chi connectivity index (χ0v) is 32.1. The topological polar surface area (TPSA) is 66.8 Å². The first-order valence-electron chi connectivity index (χ1n) is 18.8. The summed E-state index contributed by atoms with van der Waals surface area (Å²) in [5.41, 5.74) is -1.12. The Hall–Kier alpha value is -2.22. The van der Waals surface area contributed by atoms with Gasteiger partial charge >= 0.3 is 71.4 Å². The second kappa shape index (κ2) is 15.2. The van der Waals surface area contributed by atoms with E-state index in [9.17, 15) is 116 Å². The van der Waals surface area contributed by atoms with Gasteiger partial charge in [-0.05, 0) is 104 Å². The van der Waals surface area contributed by atoms with Crippen LogP contribution in [-0.4, -0.2) is 100 Å². The van der Waals surface area contributed by atoms with Gasteiger partial charge in [0.1, 0.15) is 0 Å². The minimum absolute atomic E-state index is 0.0379. The van der Waals surface area contributed by atoms with Crippen molar-refractivity contribution in [1.82, 2.24) is 0 Å². The third-order valence-electron chi connectivity index (χ3n) is 14.5. The molecule has 0 bridgehead atoms. The molecule has 0 aromatic rings. The van der Waals surface area contributed by atoms with Crippen LogP contribution < -0.4 is 0 Å². The van der Waals surface area contributed by atoms with Crippen molar-refractivity contribution in [2.75, 3.05) is 6.61 Å². The smallest absolute Gasteiger partial charge is 0.460 e. The molecule has 62 heavy (non-hydrogen) atoms. The average molecular weight is 961 g/mol. The molecule has 4 aliphatic rings. The minimum atomic E-state index is -9.52. The number of hydrogen-bond donors (Lipinski definition) is 2. The summed E-state index contributed by atoms with van der Waals surface area (Å²) >= 11 is 0. The van der Waals surface area contributed by atoms with Gasteiger partial charge in [-0.3, -0.25) is 0 Å². The van der Waals surface area contributed by atoms with Gasteiger partial charge in [0.2, 0.25) is 0 Å². The Kier molecular flexibility index (Phi) is 12.8. The number of aliphatic hydroxyl groups excluding tert-OH is 2. The Balaban J connectivity index is 1.51. The van der Waals surface area contributed by atoms with Crippen molar-refractivity contribution in [1.29, 1.82) is 0 Å². The fraction of sp³-hybridized carbons (Fsp3) is 0.971. The van der Waals surface area contributed by atoms with Crippen LogP contribution in [0.25, 0.3) is 0 Å². The second-order valence-corrected chi connectivity index (χ2v) is 17.5. The molecule has 0 radical (unpaired) electrons. The number of fused-ring (bicyclic) bond motifs is 5. The molecule has 27 heteroatoms. The van der Waals surface area contributed by atoms with Crippen LogP contribution in [0.1, 0.15) is 78.6 Å². The van der Waals surface area contributed by atoms with Gasteiger partial charge in [-0.25, -0.2) is 4.79 Å². The third-order valence-corrected chi connectivity index (χ3v) is 14.5. The normalized spacial score (nSPS) is 33.1. The Morgan fingerprint density at radius 3 is 1.47 bits per heavy atom. The molecule has 0 heterocycles. The summed E-state index contributed by atoms with van der Waals surface area (Å²) < 4.78 is 321. The highest BCUT2D eigenvalue weighted by Crippen LogP contribution is 2.70. The maximum atomic E-state index is 14.5. The van der Waals surface area contributed by atoms with Crippen molar-refractivity contribution >= 4 is 5.97 Å². The van der Waals surface area contributed by atoms with E-state index in [2.05, 4.69) is 11.7 Å². The molecular weight excluding hydrogens is 921 g/mol. The average Bonchev–Trinajstić information content (AvgIpc) is 3.49. The highest BCUT2D eigenvalue weighted by molar-refractivity contribution is 5.79. The van der Waals surface area contributed by atoms with Crippen LogP contribution in [0.5, 0.6) is 0 Å². The van der Waals surface area contributed by atoms with E-state index in [4.69, 9.17) is 0 Å². The lowest BCUT2D eigenvalue weighted by Gasteiger charge is -2.62. The SMILES string of the molecule is C[C@H](CCOC(=O)C(F)(F)C(F)(F)C(F)(F)C(F)(F)C(F)(F)C(F)(F)C(F)(F)C(F)(F)C(F)(F)C(F)(F)C(F)(F)F)[C@H]1CC[C@H]2[C@@H]3CC[C@@H]4C[C@H](O)CC[C@]4(C)[C@H]3C[C@H](O)[C@]12C. The number of halogens is 23. The summed E-state index contributed by atoms with van der Waals surface area (Å²) in [4.78, 5) is 12.0. The quantitative estimate of drug-likeness (QED) is 0.134. The summed E-state index contributed by atoms with van der Waals surface area (Å²) in [5.74, 6) is -95.1. The van der Waals surface area contributed by atoms with Crippen LogP contribution in [0.2, 0.25) is 0 Å². The van der Waals surface area contributed by atoms with E-state index >= 15 is 0 Å². The molecule has 4 fully saturated rings. The van der Waals surface area contributed by atoms with E-state index in [1.54, 1.807) is 6.92 Å². The number of carbonyl (C=O) groups is 1. The van der Waals surface area contributed by atoms with Crippen molar-refractivity contribution in [3.05, 3.63) is 0 Å². The number of alkyl halides is 23. The Labute approximate surface area is 336 Å². The Bertz CT molecular complexity index is 1670.